The molecule has 25 heavy (non-hydrogen) atoms. The van der Waals surface area contributed by atoms with Crippen molar-refractivity contribution in [2.24, 2.45) is 0 Å². The molecule has 2 amide bonds. The van der Waals surface area contributed by atoms with Crippen LogP contribution in [-0.4, -0.2) is 46.9 Å². The Bertz CT molecular complexity index is 763. The van der Waals surface area contributed by atoms with E-state index in [9.17, 15) is 19.5 Å². The summed E-state index contributed by atoms with van der Waals surface area (Å²) in [7, 11) is 1.19. The SMILES string of the molecule is CCOc1cc(C=C2SC(=O)N(C(C)C(=O)OC)C2=O)c(Br)cc1O. The van der Waals surface area contributed by atoms with Gasteiger partial charge < -0.3 is 14.6 Å². The van der Waals surface area contributed by atoms with E-state index in [0.717, 1.165) is 16.7 Å². The van der Waals surface area contributed by atoms with Crippen molar-refractivity contribution < 1.29 is 29.0 Å². The summed E-state index contributed by atoms with van der Waals surface area (Å²) in [6.07, 6.45) is 1.50. The molecule has 1 heterocycles. The van der Waals surface area contributed by atoms with Crippen LogP contribution in [0.25, 0.3) is 6.08 Å². The van der Waals surface area contributed by atoms with E-state index in [1.807, 2.05) is 0 Å². The summed E-state index contributed by atoms with van der Waals surface area (Å²) in [6, 6.07) is 1.99. The molecule has 1 aromatic rings. The summed E-state index contributed by atoms with van der Waals surface area (Å²) in [4.78, 5) is 37.2. The summed E-state index contributed by atoms with van der Waals surface area (Å²) in [5.74, 6) is -1.03. The number of imide groups is 1. The van der Waals surface area contributed by atoms with Crippen LogP contribution in [0.4, 0.5) is 4.79 Å². The van der Waals surface area contributed by atoms with Gasteiger partial charge in [-0.25, -0.2) is 4.79 Å². The zero-order chi connectivity index (χ0) is 18.7. The molecule has 9 heteroatoms. The fourth-order valence-electron chi connectivity index (χ4n) is 2.17. The van der Waals surface area contributed by atoms with Crippen LogP contribution in [0.3, 0.4) is 0 Å². The average Bonchev–Trinajstić information content (AvgIpc) is 2.84. The smallest absolute Gasteiger partial charge is 0.328 e. The highest BCUT2D eigenvalue weighted by Gasteiger charge is 2.41. The number of nitrogens with zero attached hydrogens (tertiary/aromatic N) is 1. The van der Waals surface area contributed by atoms with Gasteiger partial charge in [-0.05, 0) is 49.4 Å². The molecule has 0 radical (unpaired) electrons. The van der Waals surface area contributed by atoms with E-state index in [1.54, 1.807) is 13.0 Å². The molecule has 1 aromatic carbocycles. The standard InChI is InChI=1S/C16H16BrNO6S/c1-4-24-12-5-9(10(17)7-11(12)19)6-13-14(20)18(16(22)25-13)8(2)15(21)23-3/h5-8,19H,4H2,1-3H3. The number of hydrogen-bond donors (Lipinski definition) is 1. The minimum atomic E-state index is -1.01. The van der Waals surface area contributed by atoms with Crippen LogP contribution in [0.5, 0.6) is 11.5 Å². The first-order valence-electron chi connectivity index (χ1n) is 7.30. The number of rotatable bonds is 5. The van der Waals surface area contributed by atoms with Crippen molar-refractivity contribution in [1.82, 2.24) is 4.90 Å². The zero-order valence-electron chi connectivity index (χ0n) is 13.7. The van der Waals surface area contributed by atoms with Crippen molar-refractivity contribution in [1.29, 1.82) is 0 Å². The molecule has 0 aromatic heterocycles. The van der Waals surface area contributed by atoms with E-state index in [1.165, 1.54) is 26.2 Å². The van der Waals surface area contributed by atoms with Crippen LogP contribution in [0.2, 0.25) is 0 Å². The molecule has 1 saturated heterocycles. The highest BCUT2D eigenvalue weighted by atomic mass is 79.9. The molecule has 7 nitrogen and oxygen atoms in total. The number of carbonyl (C=O) groups excluding carboxylic acids is 3. The van der Waals surface area contributed by atoms with E-state index in [2.05, 4.69) is 20.7 Å². The van der Waals surface area contributed by atoms with E-state index in [0.29, 0.717) is 16.6 Å². The summed E-state index contributed by atoms with van der Waals surface area (Å²) < 4.78 is 10.4. The average molecular weight is 430 g/mol. The fourth-order valence-corrected chi connectivity index (χ4v) is 3.52. The summed E-state index contributed by atoms with van der Waals surface area (Å²) >= 11 is 4.03. The van der Waals surface area contributed by atoms with Crippen molar-refractivity contribution in [2.75, 3.05) is 13.7 Å². The largest absolute Gasteiger partial charge is 0.504 e. The number of halogens is 1. The predicted octanol–water partition coefficient (Wildman–Crippen LogP) is 3.15. The highest BCUT2D eigenvalue weighted by molar-refractivity contribution is 9.10. The number of amides is 2. The molecule has 0 bridgehead atoms. The number of phenolic OH excluding ortho intramolecular Hbond substituents is 1. The first-order chi connectivity index (χ1) is 11.8. The maximum absolute atomic E-state index is 12.5. The third-order valence-electron chi connectivity index (χ3n) is 3.42. The lowest BCUT2D eigenvalue weighted by molar-refractivity contribution is -0.148. The maximum Gasteiger partial charge on any atom is 0.328 e. The van der Waals surface area contributed by atoms with Gasteiger partial charge in [0, 0.05) is 4.47 Å². The van der Waals surface area contributed by atoms with Gasteiger partial charge in [0.15, 0.2) is 11.5 Å². The van der Waals surface area contributed by atoms with E-state index < -0.39 is 23.2 Å². The molecule has 1 aliphatic heterocycles. The van der Waals surface area contributed by atoms with E-state index >= 15 is 0 Å². The van der Waals surface area contributed by atoms with Crippen LogP contribution in [0.15, 0.2) is 21.5 Å². The van der Waals surface area contributed by atoms with E-state index in [4.69, 9.17) is 4.74 Å². The maximum atomic E-state index is 12.5. The molecular formula is C16H16BrNO6S. The monoisotopic (exact) mass is 429 g/mol. The van der Waals surface area contributed by atoms with Crippen LogP contribution in [0.1, 0.15) is 19.4 Å². The predicted molar refractivity (Wildman–Crippen MR) is 96.3 cm³/mol. The van der Waals surface area contributed by atoms with Gasteiger partial charge in [0.2, 0.25) is 0 Å². The molecule has 1 fully saturated rings. The van der Waals surface area contributed by atoms with Gasteiger partial charge in [0.25, 0.3) is 11.1 Å². The van der Waals surface area contributed by atoms with Gasteiger partial charge in [-0.15, -0.1) is 0 Å². The first-order valence-corrected chi connectivity index (χ1v) is 8.91. The van der Waals surface area contributed by atoms with Crippen molar-refractivity contribution in [3.05, 3.63) is 27.1 Å². The van der Waals surface area contributed by atoms with E-state index in [-0.39, 0.29) is 16.4 Å². The van der Waals surface area contributed by atoms with Crippen LogP contribution in [-0.2, 0) is 14.3 Å². The van der Waals surface area contributed by atoms with Crippen molar-refractivity contribution in [3.8, 4) is 11.5 Å². The van der Waals surface area contributed by atoms with Gasteiger partial charge in [-0.2, -0.15) is 0 Å². The minimum absolute atomic E-state index is 0.0432. The lowest BCUT2D eigenvalue weighted by atomic mass is 10.1. The number of benzene rings is 1. The van der Waals surface area contributed by atoms with Crippen LogP contribution in [0, 0.1) is 0 Å². The number of phenols is 1. The normalized spacial score (nSPS) is 17.1. The summed E-state index contributed by atoms with van der Waals surface area (Å²) in [5, 5.41) is 9.30. The third kappa shape index (κ3) is 3.98. The minimum Gasteiger partial charge on any atom is -0.504 e. The second-order valence-corrected chi connectivity index (χ2v) is 6.87. The Hall–Kier alpha value is -2.00. The lowest BCUT2D eigenvalue weighted by Gasteiger charge is -2.18. The Morgan fingerprint density at radius 3 is 2.72 bits per heavy atom. The fraction of sp³-hybridized carbons (Fsp3) is 0.312. The Balaban J connectivity index is 2.36. The number of aromatic hydroxyl groups is 1. The number of carbonyl (C=O) groups is 3. The Morgan fingerprint density at radius 1 is 1.44 bits per heavy atom. The van der Waals surface area contributed by atoms with Crippen LogP contribution >= 0.6 is 27.7 Å². The van der Waals surface area contributed by atoms with Crippen molar-refractivity contribution in [2.45, 2.75) is 19.9 Å². The molecule has 1 atom stereocenters. The first kappa shape index (κ1) is 19.3. The Labute approximate surface area is 157 Å². The van der Waals surface area contributed by atoms with Gasteiger partial charge in [0.1, 0.15) is 6.04 Å². The molecule has 1 N–H and O–H groups in total. The third-order valence-corrected chi connectivity index (χ3v) is 4.99. The molecule has 2 rings (SSSR count). The highest BCUT2D eigenvalue weighted by Crippen LogP contribution is 2.38. The number of hydrogen-bond acceptors (Lipinski definition) is 7. The van der Waals surface area contributed by atoms with Gasteiger partial charge in [-0.3, -0.25) is 14.5 Å². The molecule has 1 aliphatic rings. The summed E-state index contributed by atoms with van der Waals surface area (Å²) in [5.41, 5.74) is 0.553. The second kappa shape index (κ2) is 7.92. The molecule has 1 unspecified atom stereocenters. The number of ether oxygens (including phenoxy) is 2. The van der Waals surface area contributed by atoms with Crippen molar-refractivity contribution >= 4 is 50.9 Å². The Kier molecular flexibility index (Phi) is 6.12. The molecule has 134 valence electrons. The Morgan fingerprint density at radius 2 is 2.12 bits per heavy atom. The molecule has 0 saturated carbocycles. The number of esters is 1. The molecular weight excluding hydrogens is 414 g/mol. The molecule has 0 aliphatic carbocycles. The second-order valence-electron chi connectivity index (χ2n) is 5.03. The van der Waals surface area contributed by atoms with Gasteiger partial charge in [-0.1, -0.05) is 15.9 Å². The van der Waals surface area contributed by atoms with Crippen LogP contribution < -0.4 is 4.74 Å². The van der Waals surface area contributed by atoms with Gasteiger partial charge in [0.05, 0.1) is 18.6 Å². The summed E-state index contributed by atoms with van der Waals surface area (Å²) in [6.45, 7) is 3.57. The van der Waals surface area contributed by atoms with Gasteiger partial charge >= 0.3 is 5.97 Å². The number of thioether (sulfide) groups is 1. The zero-order valence-corrected chi connectivity index (χ0v) is 16.1. The quantitative estimate of drug-likeness (QED) is 0.567. The number of methoxy groups -OCH3 is 1. The van der Waals surface area contributed by atoms with Crippen molar-refractivity contribution in [3.63, 3.8) is 0 Å². The topological polar surface area (TPSA) is 93.1 Å². The molecule has 0 spiro atoms. The lowest BCUT2D eigenvalue weighted by Crippen LogP contribution is -2.42.